The molecule has 1 N–H and O–H groups in total. The first-order valence-corrected chi connectivity index (χ1v) is 8.39. The Hall–Kier alpha value is -3.34. The van der Waals surface area contributed by atoms with Gasteiger partial charge in [-0.3, -0.25) is 25.0 Å². The summed E-state index contributed by atoms with van der Waals surface area (Å²) in [6.45, 7) is 1.96. The number of benzene rings is 1. The highest BCUT2D eigenvalue weighted by molar-refractivity contribution is 9.10. The van der Waals surface area contributed by atoms with E-state index in [0.29, 0.717) is 5.69 Å². The van der Waals surface area contributed by atoms with Crippen molar-refractivity contribution in [1.82, 2.24) is 14.7 Å². The number of nitrogens with one attached hydrogen (secondary N) is 1. The van der Waals surface area contributed by atoms with Crippen molar-refractivity contribution in [3.63, 3.8) is 0 Å². The zero-order valence-electron chi connectivity index (χ0n) is 13.9. The van der Waals surface area contributed by atoms with Gasteiger partial charge in [0.15, 0.2) is 0 Å². The molecule has 27 heavy (non-hydrogen) atoms. The molecule has 0 radical (unpaired) electrons. The number of imidazole rings is 1. The predicted octanol–water partition coefficient (Wildman–Crippen LogP) is 3.15. The van der Waals surface area contributed by atoms with Crippen LogP contribution in [0.3, 0.4) is 0 Å². The first-order chi connectivity index (χ1) is 12.7. The highest BCUT2D eigenvalue weighted by Gasteiger charge is 2.20. The molecule has 0 unspecified atom stereocenters. The van der Waals surface area contributed by atoms with Crippen molar-refractivity contribution in [3.8, 4) is 0 Å². The van der Waals surface area contributed by atoms with Crippen molar-refractivity contribution in [2.45, 2.75) is 13.5 Å². The summed E-state index contributed by atoms with van der Waals surface area (Å²) in [4.78, 5) is 37.0. The normalized spacial score (nSPS) is 10.7. The highest BCUT2D eigenvalue weighted by Crippen LogP contribution is 2.23. The van der Waals surface area contributed by atoms with Gasteiger partial charge < -0.3 is 9.72 Å². The molecule has 0 atom stereocenters. The van der Waals surface area contributed by atoms with E-state index in [9.17, 15) is 25.0 Å². The smallest absolute Gasteiger partial charge is 0.277 e. The van der Waals surface area contributed by atoms with E-state index < -0.39 is 27.1 Å². The third-order valence-corrected chi connectivity index (χ3v) is 4.20. The maximum Gasteiger partial charge on any atom is 0.277 e. The van der Waals surface area contributed by atoms with E-state index in [2.05, 4.69) is 26.2 Å². The van der Waals surface area contributed by atoms with Gasteiger partial charge in [-0.05, 0) is 34.5 Å². The number of pyridine rings is 1. The lowest BCUT2D eigenvalue weighted by atomic mass is 10.1. The van der Waals surface area contributed by atoms with Crippen LogP contribution >= 0.6 is 15.9 Å². The van der Waals surface area contributed by atoms with Gasteiger partial charge >= 0.3 is 0 Å². The van der Waals surface area contributed by atoms with Crippen LogP contribution in [0.4, 0.5) is 11.4 Å². The molecule has 0 fully saturated rings. The van der Waals surface area contributed by atoms with Crippen LogP contribution in [0.15, 0.2) is 41.1 Å². The van der Waals surface area contributed by atoms with Gasteiger partial charge in [0.25, 0.3) is 17.3 Å². The van der Waals surface area contributed by atoms with E-state index in [4.69, 9.17) is 0 Å². The Labute approximate surface area is 160 Å². The Morgan fingerprint density at radius 2 is 1.78 bits per heavy atom. The number of non-ortho nitro benzene ring substituents is 2. The predicted molar refractivity (Wildman–Crippen MR) is 98.6 cm³/mol. The quantitative estimate of drug-likeness (QED) is 0.485. The molecule has 1 aromatic carbocycles. The molecule has 0 saturated carbocycles. The number of carbonyl (C=O) groups is 1. The third-order valence-electron chi connectivity index (χ3n) is 3.77. The van der Waals surface area contributed by atoms with Crippen LogP contribution in [0.1, 0.15) is 21.6 Å². The molecule has 0 spiro atoms. The molecule has 2 heterocycles. The van der Waals surface area contributed by atoms with E-state index in [1.807, 2.05) is 19.2 Å². The van der Waals surface area contributed by atoms with E-state index >= 15 is 0 Å². The van der Waals surface area contributed by atoms with Gasteiger partial charge in [-0.2, -0.15) is 0 Å². The number of carbonyl (C=O) groups excluding carboxylic acids is 1. The molecular weight excluding hydrogens is 422 g/mol. The molecular formula is C16H12BrN5O5. The summed E-state index contributed by atoms with van der Waals surface area (Å²) in [6.07, 6.45) is 3.56. The van der Waals surface area contributed by atoms with Gasteiger partial charge in [-0.1, -0.05) is 0 Å². The summed E-state index contributed by atoms with van der Waals surface area (Å²) in [7, 11) is 0. The number of nitro groups is 2. The first kappa shape index (κ1) is 18.5. The lowest BCUT2D eigenvalue weighted by Gasteiger charge is -2.03. The molecule has 138 valence electrons. The van der Waals surface area contributed by atoms with Gasteiger partial charge in [0.1, 0.15) is 5.65 Å². The summed E-state index contributed by atoms with van der Waals surface area (Å²) in [6, 6.07) is 4.70. The van der Waals surface area contributed by atoms with E-state index in [-0.39, 0.29) is 12.1 Å². The molecule has 2 aromatic heterocycles. The number of nitro benzene ring substituents is 2. The zero-order valence-corrected chi connectivity index (χ0v) is 15.5. The fourth-order valence-corrected chi connectivity index (χ4v) is 3.14. The van der Waals surface area contributed by atoms with Crippen LogP contribution < -0.4 is 5.32 Å². The summed E-state index contributed by atoms with van der Waals surface area (Å²) < 4.78 is 2.68. The molecule has 10 nitrogen and oxygen atoms in total. The van der Waals surface area contributed by atoms with Gasteiger partial charge in [0.2, 0.25) is 0 Å². The average Bonchev–Trinajstić information content (AvgIpc) is 3.02. The molecule has 0 aliphatic carbocycles. The minimum absolute atomic E-state index is 0.0636. The second kappa shape index (κ2) is 7.11. The van der Waals surface area contributed by atoms with Gasteiger partial charge in [0.05, 0.1) is 33.7 Å². The van der Waals surface area contributed by atoms with Crippen LogP contribution in [-0.4, -0.2) is 25.1 Å². The van der Waals surface area contributed by atoms with Gasteiger partial charge in [0, 0.05) is 29.0 Å². The maximum atomic E-state index is 12.3. The fraction of sp³-hybridized carbons (Fsp3) is 0.125. The Kier molecular flexibility index (Phi) is 4.86. The van der Waals surface area contributed by atoms with Gasteiger partial charge in [-0.25, -0.2) is 4.98 Å². The van der Waals surface area contributed by atoms with Crippen molar-refractivity contribution in [2.24, 2.45) is 0 Å². The number of halogens is 1. The second-order valence-corrected chi connectivity index (χ2v) is 6.66. The zero-order chi connectivity index (χ0) is 19.7. The standard InChI is InChI=1S/C16H12BrN5O5/c1-9-2-11(17)7-20-8-12(19-15(9)20)6-18-16(23)10-3-13(21(24)25)5-14(4-10)22(26)27/h2-5,7-8H,6H2,1H3,(H,18,23). The van der Waals surface area contributed by atoms with Crippen molar-refractivity contribution >= 4 is 38.9 Å². The first-order valence-electron chi connectivity index (χ1n) is 7.60. The van der Waals surface area contributed by atoms with E-state index in [1.165, 1.54) is 0 Å². The topological polar surface area (TPSA) is 133 Å². The molecule has 3 rings (SSSR count). The summed E-state index contributed by atoms with van der Waals surface area (Å²) in [5.41, 5.74) is 1.03. The molecule has 3 aromatic rings. The van der Waals surface area contributed by atoms with Gasteiger partial charge in [-0.15, -0.1) is 0 Å². The number of aromatic nitrogens is 2. The molecule has 1 amide bonds. The van der Waals surface area contributed by atoms with Crippen molar-refractivity contribution < 1.29 is 14.6 Å². The largest absolute Gasteiger partial charge is 0.346 e. The monoisotopic (exact) mass is 433 g/mol. The highest BCUT2D eigenvalue weighted by atomic mass is 79.9. The lowest BCUT2D eigenvalue weighted by molar-refractivity contribution is -0.394. The number of aryl methyl sites for hydroxylation is 1. The molecule has 0 saturated heterocycles. The van der Waals surface area contributed by atoms with Crippen molar-refractivity contribution in [1.29, 1.82) is 0 Å². The number of nitrogens with zero attached hydrogens (tertiary/aromatic N) is 4. The summed E-state index contributed by atoms with van der Waals surface area (Å²) in [5, 5.41) is 24.4. The molecule has 0 aliphatic rings. The minimum atomic E-state index is -0.785. The minimum Gasteiger partial charge on any atom is -0.346 e. The number of amides is 1. The van der Waals surface area contributed by atoms with Crippen LogP contribution in [0, 0.1) is 27.2 Å². The van der Waals surface area contributed by atoms with Crippen LogP contribution in [0.25, 0.3) is 5.65 Å². The second-order valence-electron chi connectivity index (χ2n) is 5.74. The number of hydrogen-bond acceptors (Lipinski definition) is 6. The Morgan fingerprint density at radius 3 is 2.37 bits per heavy atom. The number of rotatable bonds is 5. The number of fused-ring (bicyclic) bond motifs is 1. The van der Waals surface area contributed by atoms with Crippen LogP contribution in [0.2, 0.25) is 0 Å². The van der Waals surface area contributed by atoms with Crippen molar-refractivity contribution in [2.75, 3.05) is 0 Å². The fourth-order valence-electron chi connectivity index (χ4n) is 2.57. The lowest BCUT2D eigenvalue weighted by Crippen LogP contribution is -2.23. The van der Waals surface area contributed by atoms with Crippen molar-refractivity contribution in [3.05, 3.63) is 78.2 Å². The summed E-state index contributed by atoms with van der Waals surface area (Å²) in [5.74, 6) is -0.670. The number of hydrogen-bond donors (Lipinski definition) is 1. The SMILES string of the molecule is Cc1cc(Br)cn2cc(CNC(=O)c3cc([N+](=O)[O-])cc([N+](=O)[O-])c3)nc12. The van der Waals surface area contributed by atoms with Crippen LogP contribution in [-0.2, 0) is 6.54 Å². The Morgan fingerprint density at radius 1 is 1.15 bits per heavy atom. The Balaban J connectivity index is 1.82. The van der Waals surface area contributed by atoms with Crippen LogP contribution in [0.5, 0.6) is 0 Å². The van der Waals surface area contributed by atoms with E-state index in [0.717, 1.165) is 33.9 Å². The summed E-state index contributed by atoms with van der Waals surface area (Å²) >= 11 is 3.39. The third kappa shape index (κ3) is 3.92. The Bertz CT molecular complexity index is 1060. The van der Waals surface area contributed by atoms with E-state index in [1.54, 1.807) is 10.6 Å². The molecule has 0 aliphatic heterocycles. The molecule has 0 bridgehead atoms. The molecule has 11 heteroatoms. The maximum absolute atomic E-state index is 12.3. The average molecular weight is 434 g/mol.